The molecule has 14 heteroatoms. The molecule has 202 valence electrons. The Morgan fingerprint density at radius 1 is 1.26 bits per heavy atom. The van der Waals surface area contributed by atoms with Crippen molar-refractivity contribution in [2.45, 2.75) is 25.4 Å². The number of aromatic nitrogens is 4. The number of hydrogen-bond donors (Lipinski definition) is 2. The number of hydrogen-bond acceptors (Lipinski definition) is 9. The maximum absolute atomic E-state index is 13.7. The molecule has 1 saturated heterocycles. The third-order valence-corrected chi connectivity index (χ3v) is 7.95. The monoisotopic (exact) mass is 631 g/mol. The second-order valence-electron chi connectivity index (χ2n) is 9.09. The van der Waals surface area contributed by atoms with Gasteiger partial charge in [-0.25, -0.2) is 9.07 Å². The van der Waals surface area contributed by atoms with Gasteiger partial charge in [0.15, 0.2) is 0 Å². The molecule has 10 nitrogen and oxygen atoms in total. The van der Waals surface area contributed by atoms with Crippen molar-refractivity contribution >= 4 is 66.6 Å². The molecule has 1 aliphatic heterocycles. The van der Waals surface area contributed by atoms with Gasteiger partial charge >= 0.3 is 0 Å². The van der Waals surface area contributed by atoms with Crippen LogP contribution in [0.1, 0.15) is 30.1 Å². The lowest BCUT2D eigenvalue weighted by Crippen LogP contribution is -2.36. The predicted octanol–water partition coefficient (Wildman–Crippen LogP) is 5.08. The van der Waals surface area contributed by atoms with E-state index >= 15 is 0 Å². The van der Waals surface area contributed by atoms with Crippen LogP contribution in [0.2, 0.25) is 5.02 Å². The molecule has 0 bridgehead atoms. The first-order chi connectivity index (χ1) is 18.8. The molecular formula is C25H22BrClFN8O2S-. The zero-order valence-electron chi connectivity index (χ0n) is 20.4. The first kappa shape index (κ1) is 27.4. The summed E-state index contributed by atoms with van der Waals surface area (Å²) in [5, 5.41) is 25.5. The summed E-state index contributed by atoms with van der Waals surface area (Å²) in [7, 11) is 0. The molecule has 1 fully saturated rings. The molecule has 4 aromatic rings. The lowest BCUT2D eigenvalue weighted by molar-refractivity contribution is 0.199. The number of anilines is 3. The summed E-state index contributed by atoms with van der Waals surface area (Å²) in [5.74, 6) is -0.475. The molecule has 1 aliphatic rings. The molecule has 3 heterocycles. The van der Waals surface area contributed by atoms with E-state index in [9.17, 15) is 18.4 Å². The van der Waals surface area contributed by atoms with E-state index in [0.29, 0.717) is 47.5 Å². The van der Waals surface area contributed by atoms with E-state index in [1.807, 2.05) is 27.9 Å². The van der Waals surface area contributed by atoms with E-state index in [1.54, 1.807) is 6.07 Å². The maximum Gasteiger partial charge on any atom is 0.141 e. The first-order valence-corrected chi connectivity index (χ1v) is 14.4. The normalized spacial score (nSPS) is 15.3. The Labute approximate surface area is 239 Å². The Kier molecular flexibility index (Phi) is 8.39. The second kappa shape index (κ2) is 11.9. The summed E-state index contributed by atoms with van der Waals surface area (Å²) in [6.07, 6.45) is 4.98. The van der Waals surface area contributed by atoms with Crippen molar-refractivity contribution in [3.63, 3.8) is 0 Å². The Bertz CT molecular complexity index is 1590. The van der Waals surface area contributed by atoms with E-state index in [0.717, 1.165) is 28.7 Å². The largest absolute Gasteiger partial charge is 0.771 e. The summed E-state index contributed by atoms with van der Waals surface area (Å²) in [5.41, 5.74) is 3.53. The van der Waals surface area contributed by atoms with Gasteiger partial charge in [0, 0.05) is 40.5 Å². The average Bonchev–Trinajstić information content (AvgIpc) is 3.39. The number of benzene rings is 2. The minimum Gasteiger partial charge on any atom is -0.771 e. The van der Waals surface area contributed by atoms with E-state index in [1.165, 1.54) is 18.3 Å². The summed E-state index contributed by atoms with van der Waals surface area (Å²) >= 11 is 7.45. The van der Waals surface area contributed by atoms with Gasteiger partial charge < -0.3 is 15.2 Å². The summed E-state index contributed by atoms with van der Waals surface area (Å²) < 4.78 is 38.1. The van der Waals surface area contributed by atoms with E-state index in [2.05, 4.69) is 47.9 Å². The molecule has 0 radical (unpaired) electrons. The van der Waals surface area contributed by atoms with Crippen LogP contribution in [0.3, 0.4) is 0 Å². The fourth-order valence-corrected chi connectivity index (χ4v) is 5.83. The summed E-state index contributed by atoms with van der Waals surface area (Å²) in [6.45, 7) is 1.79. The lowest BCUT2D eigenvalue weighted by Gasteiger charge is -2.32. The van der Waals surface area contributed by atoms with E-state index < -0.39 is 16.9 Å². The highest BCUT2D eigenvalue weighted by atomic mass is 79.9. The zero-order valence-corrected chi connectivity index (χ0v) is 23.6. The van der Waals surface area contributed by atoms with Crippen molar-refractivity contribution in [2.75, 3.05) is 29.6 Å². The van der Waals surface area contributed by atoms with Crippen LogP contribution in [0, 0.1) is 17.1 Å². The fourth-order valence-electron chi connectivity index (χ4n) is 4.53. The zero-order chi connectivity index (χ0) is 27.5. The smallest absolute Gasteiger partial charge is 0.141 e. The number of halogens is 3. The number of fused-ring (bicyclic) bond motifs is 1. The number of nitriles is 1. The topological polar surface area (TPSA) is 135 Å². The lowest BCUT2D eigenvalue weighted by atomic mass is 10.1. The maximum atomic E-state index is 13.7. The van der Waals surface area contributed by atoms with Gasteiger partial charge in [0.2, 0.25) is 0 Å². The van der Waals surface area contributed by atoms with Gasteiger partial charge in [-0.2, -0.15) is 5.26 Å². The third kappa shape index (κ3) is 6.37. The van der Waals surface area contributed by atoms with Crippen LogP contribution in [-0.2, 0) is 17.6 Å². The standard InChI is InChI=1S/C25H23BrClFN8O2S/c26-21-8-17(30-12-18-13-36(34-33-18)19-3-5-35(6-4-19)14-39(37)38)7-20-24(15(10-29)11-31-25(20)21)32-16-1-2-23(28)22(27)9-16/h1-2,7-9,11,13,19,30H,3-6,12,14H2,(H,31,32)(H,37,38)/p-1. The van der Waals surface area contributed by atoms with Gasteiger partial charge in [-0.1, -0.05) is 16.8 Å². The SMILES string of the molecule is N#Cc1cnc2c(Br)cc(NCc3cn(C4CCN(CS(=O)[O-])CC4)nn3)cc2c1Nc1ccc(F)c(Cl)c1. The minimum absolute atomic E-state index is 0.0297. The molecule has 2 N–H and O–H groups in total. The van der Waals surface area contributed by atoms with Crippen LogP contribution >= 0.6 is 27.5 Å². The molecular weight excluding hydrogens is 611 g/mol. The van der Waals surface area contributed by atoms with Crippen LogP contribution in [0.25, 0.3) is 10.9 Å². The first-order valence-electron chi connectivity index (χ1n) is 12.0. The Morgan fingerprint density at radius 3 is 2.77 bits per heavy atom. The number of nitrogens with zero attached hydrogens (tertiary/aromatic N) is 6. The molecule has 1 atom stereocenters. The molecule has 5 rings (SSSR count). The van der Waals surface area contributed by atoms with Gasteiger partial charge in [-0.15, -0.1) is 5.10 Å². The van der Waals surface area contributed by atoms with Crippen molar-refractivity contribution in [2.24, 2.45) is 0 Å². The van der Waals surface area contributed by atoms with Gasteiger partial charge in [-0.3, -0.25) is 14.1 Å². The minimum atomic E-state index is -2.08. The average molecular weight is 633 g/mol. The van der Waals surface area contributed by atoms with Crippen LogP contribution in [-0.4, -0.2) is 52.6 Å². The molecule has 0 amide bonds. The highest BCUT2D eigenvalue weighted by Crippen LogP contribution is 2.35. The van der Waals surface area contributed by atoms with Crippen LogP contribution in [0.15, 0.2) is 47.2 Å². The van der Waals surface area contributed by atoms with Gasteiger partial charge in [0.05, 0.1) is 46.5 Å². The third-order valence-electron chi connectivity index (χ3n) is 6.48. The highest BCUT2D eigenvalue weighted by Gasteiger charge is 2.21. The quantitative estimate of drug-likeness (QED) is 0.255. The van der Waals surface area contributed by atoms with Crippen LogP contribution in [0.5, 0.6) is 0 Å². The van der Waals surface area contributed by atoms with E-state index in [-0.39, 0.29) is 16.9 Å². The summed E-state index contributed by atoms with van der Waals surface area (Å²) in [4.78, 5) is 6.35. The molecule has 0 spiro atoms. The highest BCUT2D eigenvalue weighted by molar-refractivity contribution is 9.10. The molecule has 1 unspecified atom stereocenters. The number of pyridine rings is 1. The van der Waals surface area contributed by atoms with Crippen molar-refractivity contribution in [3.8, 4) is 6.07 Å². The number of nitrogens with one attached hydrogen (secondary N) is 2. The number of likely N-dealkylation sites (tertiary alicyclic amines) is 1. The predicted molar refractivity (Wildman–Crippen MR) is 150 cm³/mol. The molecule has 0 aliphatic carbocycles. The van der Waals surface area contributed by atoms with Gasteiger partial charge in [-0.05, 0) is 70.2 Å². The van der Waals surface area contributed by atoms with Crippen LogP contribution in [0.4, 0.5) is 21.5 Å². The fraction of sp³-hybridized carbons (Fsp3) is 0.280. The van der Waals surface area contributed by atoms with E-state index in [4.69, 9.17) is 11.6 Å². The van der Waals surface area contributed by atoms with Crippen LogP contribution < -0.4 is 10.6 Å². The molecule has 39 heavy (non-hydrogen) atoms. The van der Waals surface area contributed by atoms with Crippen molar-refractivity contribution in [1.82, 2.24) is 24.9 Å². The van der Waals surface area contributed by atoms with Crippen molar-refractivity contribution < 1.29 is 13.2 Å². The Balaban J connectivity index is 1.33. The molecule has 2 aromatic carbocycles. The second-order valence-corrected chi connectivity index (χ2v) is 11.2. The molecule has 2 aromatic heterocycles. The Morgan fingerprint density at radius 2 is 2.05 bits per heavy atom. The Hall–Kier alpha value is -3.15. The van der Waals surface area contributed by atoms with Crippen molar-refractivity contribution in [3.05, 3.63) is 69.3 Å². The number of piperidine rings is 1. The number of rotatable bonds is 8. The molecule has 0 saturated carbocycles. The van der Waals surface area contributed by atoms with Gasteiger partial charge in [0.1, 0.15) is 17.6 Å². The van der Waals surface area contributed by atoms with Gasteiger partial charge in [0.25, 0.3) is 0 Å². The summed E-state index contributed by atoms with van der Waals surface area (Å²) in [6, 6.07) is 10.3. The van der Waals surface area contributed by atoms with Crippen molar-refractivity contribution in [1.29, 1.82) is 5.26 Å².